The number of nitrogens with zero attached hydrogens (tertiary/aromatic N) is 1. The first kappa shape index (κ1) is 12.5. The molecule has 17 heavy (non-hydrogen) atoms. The Morgan fingerprint density at radius 3 is 2.71 bits per heavy atom. The van der Waals surface area contributed by atoms with Gasteiger partial charge in [0, 0.05) is 17.6 Å². The number of halogens is 2. The molecule has 5 heteroatoms. The van der Waals surface area contributed by atoms with Crippen molar-refractivity contribution in [3.63, 3.8) is 0 Å². The second kappa shape index (κ2) is 5.60. The number of hydrogen-bond acceptors (Lipinski definition) is 2. The molecule has 0 atom stereocenters. The summed E-state index contributed by atoms with van der Waals surface area (Å²) in [5.74, 6) is -0.671. The highest BCUT2D eigenvalue weighted by molar-refractivity contribution is 9.10. The lowest BCUT2D eigenvalue weighted by molar-refractivity contribution is 0.0749. The highest BCUT2D eigenvalue weighted by atomic mass is 79.9. The maximum atomic E-state index is 13.1. The molecule has 0 aromatic heterocycles. The molecule has 1 amide bonds. The van der Waals surface area contributed by atoms with Crippen molar-refractivity contribution in [2.75, 3.05) is 13.1 Å². The van der Waals surface area contributed by atoms with E-state index in [0.29, 0.717) is 10.0 Å². The van der Waals surface area contributed by atoms with Crippen molar-refractivity contribution in [1.29, 1.82) is 0 Å². The van der Waals surface area contributed by atoms with Gasteiger partial charge in [-0.1, -0.05) is 6.42 Å². The van der Waals surface area contributed by atoms with Crippen molar-refractivity contribution in [2.45, 2.75) is 19.3 Å². The van der Waals surface area contributed by atoms with E-state index in [9.17, 15) is 9.18 Å². The van der Waals surface area contributed by atoms with Crippen LogP contribution >= 0.6 is 15.9 Å². The first-order valence-corrected chi connectivity index (χ1v) is 6.47. The van der Waals surface area contributed by atoms with E-state index in [1.165, 1.54) is 18.6 Å². The van der Waals surface area contributed by atoms with E-state index in [1.807, 2.05) is 5.01 Å². The van der Waals surface area contributed by atoms with Gasteiger partial charge in [-0.25, -0.2) is 9.40 Å². The lowest BCUT2D eigenvalue weighted by atomic mass is 10.1. The number of piperidine rings is 1. The normalized spacial score (nSPS) is 16.8. The van der Waals surface area contributed by atoms with Crippen LogP contribution < -0.4 is 5.43 Å². The van der Waals surface area contributed by atoms with E-state index >= 15 is 0 Å². The molecular weight excluding hydrogens is 287 g/mol. The van der Waals surface area contributed by atoms with E-state index in [2.05, 4.69) is 21.4 Å². The molecule has 1 aliphatic rings. The van der Waals surface area contributed by atoms with E-state index < -0.39 is 5.82 Å². The van der Waals surface area contributed by atoms with Crippen LogP contribution in [0.5, 0.6) is 0 Å². The Morgan fingerprint density at radius 2 is 2.00 bits per heavy atom. The lowest BCUT2D eigenvalue weighted by Crippen LogP contribution is -2.45. The smallest absolute Gasteiger partial charge is 0.266 e. The second-order valence-corrected chi connectivity index (χ2v) is 4.97. The van der Waals surface area contributed by atoms with Crippen LogP contribution in [0, 0.1) is 5.82 Å². The third-order valence-electron chi connectivity index (χ3n) is 2.79. The van der Waals surface area contributed by atoms with Crippen LogP contribution in [0.3, 0.4) is 0 Å². The van der Waals surface area contributed by atoms with Gasteiger partial charge in [0.1, 0.15) is 5.82 Å². The lowest BCUT2D eigenvalue weighted by Gasteiger charge is -2.26. The fourth-order valence-corrected chi connectivity index (χ4v) is 2.31. The third kappa shape index (κ3) is 3.26. The summed E-state index contributed by atoms with van der Waals surface area (Å²) in [6.07, 6.45) is 3.38. The van der Waals surface area contributed by atoms with Crippen LogP contribution in [-0.2, 0) is 0 Å². The number of nitrogens with one attached hydrogen (secondary N) is 1. The van der Waals surface area contributed by atoms with Crippen LogP contribution in [0.4, 0.5) is 4.39 Å². The number of hydrogen-bond donors (Lipinski definition) is 1. The Balaban J connectivity index is 2.05. The van der Waals surface area contributed by atoms with Crippen LogP contribution in [0.2, 0.25) is 0 Å². The van der Waals surface area contributed by atoms with Gasteiger partial charge >= 0.3 is 0 Å². The first-order valence-electron chi connectivity index (χ1n) is 5.68. The van der Waals surface area contributed by atoms with Gasteiger partial charge in [0.25, 0.3) is 5.91 Å². The van der Waals surface area contributed by atoms with E-state index in [1.54, 1.807) is 6.07 Å². The highest BCUT2D eigenvalue weighted by Gasteiger charge is 2.16. The van der Waals surface area contributed by atoms with Crippen molar-refractivity contribution < 1.29 is 9.18 Å². The molecular formula is C12H14BrFN2O. The molecule has 0 spiro atoms. The molecule has 0 unspecified atom stereocenters. The summed E-state index contributed by atoms with van der Waals surface area (Å²) >= 11 is 3.25. The van der Waals surface area contributed by atoms with Gasteiger partial charge in [0.05, 0.1) is 5.56 Å². The van der Waals surface area contributed by atoms with Crippen molar-refractivity contribution >= 4 is 21.8 Å². The Kier molecular flexibility index (Phi) is 4.12. The molecule has 1 saturated heterocycles. The molecule has 0 radical (unpaired) electrons. The first-order chi connectivity index (χ1) is 8.16. The van der Waals surface area contributed by atoms with Crippen molar-refractivity contribution in [2.24, 2.45) is 0 Å². The summed E-state index contributed by atoms with van der Waals surface area (Å²) < 4.78 is 13.7. The van der Waals surface area contributed by atoms with Gasteiger partial charge < -0.3 is 0 Å². The molecule has 2 rings (SSSR count). The maximum Gasteiger partial charge on any atom is 0.266 e. The molecule has 1 aromatic rings. The Morgan fingerprint density at radius 1 is 1.29 bits per heavy atom. The molecule has 1 heterocycles. The number of amides is 1. The van der Waals surface area contributed by atoms with Gasteiger partial charge in [-0.15, -0.1) is 0 Å². The Hall–Kier alpha value is -0.940. The summed E-state index contributed by atoms with van der Waals surface area (Å²) in [7, 11) is 0. The number of hydrazine groups is 1. The standard InChI is InChI=1S/C12H14BrFN2O/c13-11-5-4-9(14)8-10(11)12(17)15-16-6-2-1-3-7-16/h4-5,8H,1-3,6-7H2,(H,15,17). The van der Waals surface area contributed by atoms with E-state index in [-0.39, 0.29) is 5.91 Å². The largest absolute Gasteiger partial charge is 0.285 e. The number of carbonyl (C=O) groups is 1. The van der Waals surface area contributed by atoms with Crippen LogP contribution in [0.15, 0.2) is 22.7 Å². The average Bonchev–Trinajstić information content (AvgIpc) is 2.33. The predicted molar refractivity (Wildman–Crippen MR) is 67.0 cm³/mol. The van der Waals surface area contributed by atoms with Gasteiger partial charge in [0.15, 0.2) is 0 Å². The van der Waals surface area contributed by atoms with Crippen molar-refractivity contribution in [1.82, 2.24) is 10.4 Å². The topological polar surface area (TPSA) is 32.3 Å². The molecule has 1 aliphatic heterocycles. The van der Waals surface area contributed by atoms with E-state index in [4.69, 9.17) is 0 Å². The zero-order valence-electron chi connectivity index (χ0n) is 9.38. The van der Waals surface area contributed by atoms with E-state index in [0.717, 1.165) is 25.9 Å². The predicted octanol–water partition coefficient (Wildman–Crippen LogP) is 2.72. The molecule has 92 valence electrons. The van der Waals surface area contributed by atoms with Gasteiger partial charge in [-0.3, -0.25) is 10.2 Å². The molecule has 0 aliphatic carbocycles. The SMILES string of the molecule is O=C(NN1CCCCC1)c1cc(F)ccc1Br. The molecule has 1 fully saturated rings. The van der Waals surface area contributed by atoms with Crippen LogP contribution in [-0.4, -0.2) is 24.0 Å². The fourth-order valence-electron chi connectivity index (χ4n) is 1.88. The molecule has 1 N–H and O–H groups in total. The van der Waals surface area contributed by atoms with Crippen LogP contribution in [0.25, 0.3) is 0 Å². The monoisotopic (exact) mass is 300 g/mol. The summed E-state index contributed by atoms with van der Waals surface area (Å²) in [5.41, 5.74) is 3.13. The van der Waals surface area contributed by atoms with Gasteiger partial charge in [-0.2, -0.15) is 0 Å². The van der Waals surface area contributed by atoms with Gasteiger partial charge in [-0.05, 0) is 47.0 Å². The highest BCUT2D eigenvalue weighted by Crippen LogP contribution is 2.18. The molecule has 3 nitrogen and oxygen atoms in total. The summed E-state index contributed by atoms with van der Waals surface area (Å²) in [5, 5.41) is 1.89. The Bertz CT molecular complexity index is 419. The molecule has 1 aromatic carbocycles. The quantitative estimate of drug-likeness (QED) is 0.911. The number of carbonyl (C=O) groups excluding carboxylic acids is 1. The minimum absolute atomic E-state index is 0.265. The zero-order valence-corrected chi connectivity index (χ0v) is 11.0. The number of rotatable bonds is 2. The third-order valence-corrected chi connectivity index (χ3v) is 3.48. The Labute approximate surface area is 108 Å². The van der Waals surface area contributed by atoms with Crippen LogP contribution in [0.1, 0.15) is 29.6 Å². The fraction of sp³-hybridized carbons (Fsp3) is 0.417. The number of benzene rings is 1. The summed E-state index contributed by atoms with van der Waals surface area (Å²) in [6.45, 7) is 1.72. The van der Waals surface area contributed by atoms with Crippen molar-refractivity contribution in [3.8, 4) is 0 Å². The minimum atomic E-state index is -0.406. The zero-order chi connectivity index (χ0) is 12.3. The molecule has 0 saturated carbocycles. The minimum Gasteiger partial charge on any atom is -0.285 e. The average molecular weight is 301 g/mol. The second-order valence-electron chi connectivity index (χ2n) is 4.11. The summed E-state index contributed by atoms with van der Waals surface area (Å²) in [4.78, 5) is 11.9. The molecule has 0 bridgehead atoms. The van der Waals surface area contributed by atoms with Crippen molar-refractivity contribution in [3.05, 3.63) is 34.1 Å². The summed E-state index contributed by atoms with van der Waals surface area (Å²) in [6, 6.07) is 4.10. The van der Waals surface area contributed by atoms with Gasteiger partial charge in [0.2, 0.25) is 0 Å². The maximum absolute atomic E-state index is 13.1.